The summed E-state index contributed by atoms with van der Waals surface area (Å²) in [6, 6.07) is 0. The molecular formula is C12H23N5O. The molecule has 0 aliphatic rings. The quantitative estimate of drug-likeness (QED) is 0.756. The molecule has 0 bridgehead atoms. The summed E-state index contributed by atoms with van der Waals surface area (Å²) in [7, 11) is 3.74. The maximum atomic E-state index is 11.7. The number of likely N-dealkylation sites (N-methyl/N-ethyl adjacent to an activating group) is 1. The number of aryl methyl sites for hydroxylation is 2. The number of carbonyl (C=O) groups excluding carboxylic acids is 1. The molecule has 0 saturated heterocycles. The van der Waals surface area contributed by atoms with Crippen LogP contribution < -0.4 is 16.0 Å². The Morgan fingerprint density at radius 3 is 2.78 bits per heavy atom. The minimum absolute atomic E-state index is 0.0150. The molecule has 102 valence electrons. The molecule has 0 saturated carbocycles. The topological polar surface area (TPSA) is 76.2 Å². The van der Waals surface area contributed by atoms with Crippen LogP contribution in [0, 0.1) is 6.92 Å². The van der Waals surface area contributed by atoms with E-state index in [1.54, 1.807) is 4.68 Å². The number of amides is 1. The Morgan fingerprint density at radius 2 is 2.22 bits per heavy atom. The Balaban J connectivity index is 2.77. The van der Waals surface area contributed by atoms with Gasteiger partial charge in [0.25, 0.3) is 0 Å². The van der Waals surface area contributed by atoms with Crippen molar-refractivity contribution in [3.8, 4) is 0 Å². The lowest BCUT2D eigenvalue weighted by Crippen LogP contribution is -2.36. The maximum absolute atomic E-state index is 11.7. The van der Waals surface area contributed by atoms with Gasteiger partial charge in [-0.25, -0.2) is 0 Å². The minimum Gasteiger partial charge on any atom is -0.355 e. The van der Waals surface area contributed by atoms with E-state index in [0.717, 1.165) is 23.5 Å². The highest BCUT2D eigenvalue weighted by atomic mass is 16.2. The normalized spacial score (nSPS) is 10.5. The summed E-state index contributed by atoms with van der Waals surface area (Å²) >= 11 is 0. The van der Waals surface area contributed by atoms with Crippen LogP contribution in [0.2, 0.25) is 0 Å². The van der Waals surface area contributed by atoms with Crippen molar-refractivity contribution in [3.05, 3.63) is 11.3 Å². The fraction of sp³-hybridized carbons (Fsp3) is 0.667. The van der Waals surface area contributed by atoms with Gasteiger partial charge < -0.3 is 16.0 Å². The van der Waals surface area contributed by atoms with Crippen molar-refractivity contribution < 1.29 is 4.79 Å². The van der Waals surface area contributed by atoms with Crippen molar-refractivity contribution in [2.45, 2.75) is 26.8 Å². The lowest BCUT2D eigenvalue weighted by molar-refractivity contribution is -0.119. The van der Waals surface area contributed by atoms with E-state index in [1.165, 1.54) is 0 Å². The zero-order valence-electron chi connectivity index (χ0n) is 11.7. The monoisotopic (exact) mass is 253 g/mol. The van der Waals surface area contributed by atoms with E-state index in [9.17, 15) is 4.79 Å². The molecule has 3 N–H and O–H groups in total. The van der Waals surface area contributed by atoms with E-state index in [2.05, 4.69) is 10.4 Å². The summed E-state index contributed by atoms with van der Waals surface area (Å²) < 4.78 is 1.77. The minimum atomic E-state index is 0.0150. The summed E-state index contributed by atoms with van der Waals surface area (Å²) in [6.45, 7) is 5.40. The van der Waals surface area contributed by atoms with Crippen LogP contribution in [0.1, 0.15) is 24.6 Å². The fourth-order valence-corrected chi connectivity index (χ4v) is 2.02. The molecule has 0 aliphatic heterocycles. The third-order valence-corrected chi connectivity index (χ3v) is 2.83. The molecule has 1 amide bonds. The summed E-state index contributed by atoms with van der Waals surface area (Å²) in [5.41, 5.74) is 7.64. The zero-order valence-corrected chi connectivity index (χ0v) is 11.7. The van der Waals surface area contributed by atoms with Crippen molar-refractivity contribution in [1.82, 2.24) is 15.1 Å². The molecule has 0 fully saturated rings. The molecule has 0 atom stereocenters. The van der Waals surface area contributed by atoms with Crippen LogP contribution in [0.5, 0.6) is 0 Å². The van der Waals surface area contributed by atoms with Crippen LogP contribution >= 0.6 is 0 Å². The number of nitrogens with one attached hydrogen (secondary N) is 1. The molecule has 0 aromatic carbocycles. The van der Waals surface area contributed by atoms with Crippen LogP contribution in [0.3, 0.4) is 0 Å². The third kappa shape index (κ3) is 3.22. The SMILES string of the molecule is CCCNC(=O)CN(C)c1c(CN)c(C)nn1C. The number of hydrogen-bond donors (Lipinski definition) is 2. The Bertz CT molecular complexity index is 413. The van der Waals surface area contributed by atoms with Gasteiger partial charge in [-0.1, -0.05) is 6.92 Å². The number of aromatic nitrogens is 2. The van der Waals surface area contributed by atoms with Crippen molar-refractivity contribution in [2.75, 3.05) is 25.0 Å². The highest BCUT2D eigenvalue weighted by Crippen LogP contribution is 2.21. The van der Waals surface area contributed by atoms with Gasteiger partial charge in [-0.15, -0.1) is 0 Å². The Labute approximate surface area is 108 Å². The molecule has 0 radical (unpaired) electrons. The standard InChI is InChI=1S/C12H23N5O/c1-5-6-14-11(18)8-16(3)12-10(7-13)9(2)15-17(12)4/h5-8,13H2,1-4H3,(H,14,18). The molecule has 0 unspecified atom stereocenters. The highest BCUT2D eigenvalue weighted by Gasteiger charge is 2.17. The second kappa shape index (κ2) is 6.39. The Kier molecular flexibility index (Phi) is 5.15. The first-order chi connectivity index (χ1) is 8.51. The van der Waals surface area contributed by atoms with Gasteiger partial charge in [-0.3, -0.25) is 9.48 Å². The zero-order chi connectivity index (χ0) is 13.7. The predicted octanol–water partition coefficient (Wildman–Crippen LogP) is 0.150. The molecule has 1 aromatic rings. The smallest absolute Gasteiger partial charge is 0.239 e. The van der Waals surface area contributed by atoms with E-state index in [4.69, 9.17) is 5.73 Å². The lowest BCUT2D eigenvalue weighted by atomic mass is 10.2. The van der Waals surface area contributed by atoms with E-state index in [-0.39, 0.29) is 5.91 Å². The van der Waals surface area contributed by atoms with Gasteiger partial charge in [0.2, 0.25) is 5.91 Å². The molecule has 18 heavy (non-hydrogen) atoms. The van der Waals surface area contributed by atoms with Crippen molar-refractivity contribution in [2.24, 2.45) is 12.8 Å². The van der Waals surface area contributed by atoms with Gasteiger partial charge in [0.15, 0.2) is 0 Å². The Morgan fingerprint density at radius 1 is 1.56 bits per heavy atom. The summed E-state index contributed by atoms with van der Waals surface area (Å²) in [5.74, 6) is 0.919. The number of anilines is 1. The molecule has 1 heterocycles. The summed E-state index contributed by atoms with van der Waals surface area (Å²) in [5, 5.41) is 7.19. The summed E-state index contributed by atoms with van der Waals surface area (Å²) in [6.07, 6.45) is 0.939. The molecule has 1 rings (SSSR count). The summed E-state index contributed by atoms with van der Waals surface area (Å²) in [4.78, 5) is 13.6. The van der Waals surface area contributed by atoms with E-state index < -0.39 is 0 Å². The van der Waals surface area contributed by atoms with Crippen molar-refractivity contribution in [1.29, 1.82) is 0 Å². The molecule has 0 spiro atoms. The van der Waals surface area contributed by atoms with Crippen molar-refractivity contribution >= 4 is 11.7 Å². The van der Waals surface area contributed by atoms with E-state index in [0.29, 0.717) is 19.6 Å². The molecule has 6 heteroatoms. The number of hydrogen-bond acceptors (Lipinski definition) is 4. The molecule has 0 aliphatic carbocycles. The Hall–Kier alpha value is -1.56. The second-order valence-electron chi connectivity index (χ2n) is 4.42. The van der Waals surface area contributed by atoms with Crippen LogP contribution in [0.25, 0.3) is 0 Å². The number of nitrogens with zero attached hydrogens (tertiary/aromatic N) is 3. The average Bonchev–Trinajstić information content (AvgIpc) is 2.60. The van der Waals surface area contributed by atoms with Gasteiger partial charge in [0.05, 0.1) is 12.2 Å². The van der Waals surface area contributed by atoms with Gasteiger partial charge in [0.1, 0.15) is 5.82 Å². The third-order valence-electron chi connectivity index (χ3n) is 2.83. The van der Waals surface area contributed by atoms with Crippen molar-refractivity contribution in [3.63, 3.8) is 0 Å². The fourth-order valence-electron chi connectivity index (χ4n) is 2.02. The highest BCUT2D eigenvalue weighted by molar-refractivity contribution is 5.81. The largest absolute Gasteiger partial charge is 0.355 e. The van der Waals surface area contributed by atoms with Crippen LogP contribution in [0.4, 0.5) is 5.82 Å². The number of carbonyl (C=O) groups is 1. The van der Waals surface area contributed by atoms with Gasteiger partial charge >= 0.3 is 0 Å². The molecular weight excluding hydrogens is 230 g/mol. The lowest BCUT2D eigenvalue weighted by Gasteiger charge is -2.20. The van der Waals surface area contributed by atoms with Crippen LogP contribution in [-0.4, -0.2) is 35.8 Å². The number of nitrogens with two attached hydrogens (primary N) is 1. The number of rotatable bonds is 6. The first-order valence-corrected chi connectivity index (χ1v) is 6.21. The molecule has 6 nitrogen and oxygen atoms in total. The first kappa shape index (κ1) is 14.5. The molecule has 1 aromatic heterocycles. The van der Waals surface area contributed by atoms with Crippen LogP contribution in [0.15, 0.2) is 0 Å². The van der Waals surface area contributed by atoms with Gasteiger partial charge in [-0.2, -0.15) is 5.10 Å². The maximum Gasteiger partial charge on any atom is 0.239 e. The van der Waals surface area contributed by atoms with Gasteiger partial charge in [-0.05, 0) is 13.3 Å². The second-order valence-corrected chi connectivity index (χ2v) is 4.42. The average molecular weight is 253 g/mol. The van der Waals surface area contributed by atoms with Crippen LogP contribution in [-0.2, 0) is 18.4 Å². The van der Waals surface area contributed by atoms with E-state index in [1.807, 2.05) is 32.8 Å². The first-order valence-electron chi connectivity index (χ1n) is 6.21. The van der Waals surface area contributed by atoms with Gasteiger partial charge in [0, 0.05) is 32.7 Å². The van der Waals surface area contributed by atoms with E-state index >= 15 is 0 Å². The predicted molar refractivity (Wildman–Crippen MR) is 72.4 cm³/mol.